The molecule has 2 aromatic rings. The van der Waals surface area contributed by atoms with E-state index < -0.39 is 0 Å². The normalized spacial score (nSPS) is 24.8. The van der Waals surface area contributed by atoms with Crippen LogP contribution in [0.15, 0.2) is 36.7 Å². The van der Waals surface area contributed by atoms with Crippen molar-refractivity contribution in [2.75, 3.05) is 0 Å². The van der Waals surface area contributed by atoms with E-state index in [0.29, 0.717) is 16.6 Å². The van der Waals surface area contributed by atoms with Crippen LogP contribution in [-0.4, -0.2) is 15.9 Å². The molecule has 3 aliphatic rings. The molecule has 2 atom stereocenters. The van der Waals surface area contributed by atoms with Crippen LogP contribution in [0.25, 0.3) is 11.4 Å². The summed E-state index contributed by atoms with van der Waals surface area (Å²) in [5.74, 6) is 1.44. The molecule has 1 aromatic heterocycles. The molecule has 0 aliphatic heterocycles. The van der Waals surface area contributed by atoms with Gasteiger partial charge in [-0.25, -0.2) is 9.97 Å². The number of esters is 1. The second-order valence-electron chi connectivity index (χ2n) is 9.75. The molecule has 4 heteroatoms. The van der Waals surface area contributed by atoms with Crippen LogP contribution < -0.4 is 4.74 Å². The van der Waals surface area contributed by atoms with Gasteiger partial charge in [-0.1, -0.05) is 39.0 Å². The van der Waals surface area contributed by atoms with Gasteiger partial charge in [0.15, 0.2) is 5.82 Å². The number of hydrogen-bond donors (Lipinski definition) is 0. The smallest absolute Gasteiger partial charge is 0.314 e. The zero-order chi connectivity index (χ0) is 20.6. The largest absolute Gasteiger partial charge is 0.426 e. The van der Waals surface area contributed by atoms with Crippen LogP contribution in [0.5, 0.6) is 5.75 Å². The number of hydrogen-bond acceptors (Lipinski definition) is 4. The van der Waals surface area contributed by atoms with Gasteiger partial charge in [0.05, 0.1) is 5.92 Å². The van der Waals surface area contributed by atoms with Gasteiger partial charge < -0.3 is 4.74 Å². The Labute approximate surface area is 179 Å². The third-order valence-corrected chi connectivity index (χ3v) is 7.65. The maximum absolute atomic E-state index is 12.5. The molecule has 0 unspecified atom stereocenters. The van der Waals surface area contributed by atoms with Gasteiger partial charge in [-0.2, -0.15) is 0 Å². The lowest BCUT2D eigenvalue weighted by atomic mass is 10.1. The average Bonchev–Trinajstić information content (AvgIpc) is 3.71. The highest BCUT2D eigenvalue weighted by Gasteiger charge is 2.85. The highest BCUT2D eigenvalue weighted by Crippen LogP contribution is 2.91. The Hall–Kier alpha value is -2.23. The molecule has 3 aliphatic carbocycles. The molecule has 3 saturated carbocycles. The average molecular weight is 405 g/mol. The summed E-state index contributed by atoms with van der Waals surface area (Å²) in [5, 5.41) is 0. The van der Waals surface area contributed by atoms with Gasteiger partial charge >= 0.3 is 5.97 Å². The maximum atomic E-state index is 12.5. The molecule has 30 heavy (non-hydrogen) atoms. The molecule has 4 nitrogen and oxygen atoms in total. The van der Waals surface area contributed by atoms with Crippen molar-refractivity contribution < 1.29 is 9.53 Å². The lowest BCUT2D eigenvalue weighted by Crippen LogP contribution is -2.12. The SMILES string of the molecule is CCCCCCCCc1cnc(-c2ccc(OC(=O)[C@H]3C[C@]34CC43CC3)cc2)nc1. The quantitative estimate of drug-likeness (QED) is 0.271. The third kappa shape index (κ3) is 3.77. The minimum atomic E-state index is -0.0400. The van der Waals surface area contributed by atoms with E-state index >= 15 is 0 Å². The Balaban J connectivity index is 1.10. The number of fused-ring (bicyclic) bond motifs is 1. The molecule has 2 spiro atoms. The minimum Gasteiger partial charge on any atom is -0.426 e. The molecule has 158 valence electrons. The zero-order valence-corrected chi connectivity index (χ0v) is 18.0. The molecule has 5 rings (SSSR count). The van der Waals surface area contributed by atoms with Crippen molar-refractivity contribution in [3.8, 4) is 17.1 Å². The summed E-state index contributed by atoms with van der Waals surface area (Å²) in [6, 6.07) is 7.59. The Morgan fingerprint density at radius 2 is 1.73 bits per heavy atom. The van der Waals surface area contributed by atoms with Crippen molar-refractivity contribution in [1.29, 1.82) is 0 Å². The summed E-state index contributed by atoms with van der Waals surface area (Å²) in [6.07, 6.45) is 17.7. The second kappa shape index (κ2) is 7.79. The number of aryl methyl sites for hydroxylation is 1. The van der Waals surface area contributed by atoms with Crippen LogP contribution in [0.2, 0.25) is 0 Å². The van der Waals surface area contributed by atoms with Crippen LogP contribution in [0.3, 0.4) is 0 Å². The highest BCUT2D eigenvalue weighted by atomic mass is 16.5. The standard InChI is InChI=1S/C26H32N2O2/c1-2-3-4-5-6-7-8-19-16-27-23(28-17-19)20-9-11-21(12-10-20)30-24(29)22-15-26(22)18-25(26)13-14-25/h9-12,16-17,22H,2-8,13-15,18H2,1H3/t22-,26+/m1/s1. The predicted octanol–water partition coefficient (Wildman–Crippen LogP) is 6.14. The van der Waals surface area contributed by atoms with Gasteiger partial charge in [-0.15, -0.1) is 0 Å². The first kappa shape index (κ1) is 19.7. The molecule has 3 fully saturated rings. The Bertz CT molecular complexity index is 902. The Morgan fingerprint density at radius 1 is 1.03 bits per heavy atom. The van der Waals surface area contributed by atoms with E-state index in [4.69, 9.17) is 4.74 Å². The van der Waals surface area contributed by atoms with Gasteiger partial charge in [-0.3, -0.25) is 4.79 Å². The summed E-state index contributed by atoms with van der Waals surface area (Å²) < 4.78 is 5.64. The summed E-state index contributed by atoms with van der Waals surface area (Å²) in [5.41, 5.74) is 3.04. The Kier molecular flexibility index (Phi) is 5.12. The number of nitrogens with zero attached hydrogens (tertiary/aromatic N) is 2. The van der Waals surface area contributed by atoms with E-state index in [1.165, 1.54) is 63.4 Å². The van der Waals surface area contributed by atoms with Crippen LogP contribution >= 0.6 is 0 Å². The van der Waals surface area contributed by atoms with Crippen LogP contribution in [0, 0.1) is 16.7 Å². The fourth-order valence-electron chi connectivity index (χ4n) is 5.38. The number of rotatable bonds is 10. The number of carbonyl (C=O) groups excluding carboxylic acids is 1. The molecular weight excluding hydrogens is 372 g/mol. The van der Waals surface area contributed by atoms with Gasteiger partial charge in [0, 0.05) is 18.0 Å². The van der Waals surface area contributed by atoms with Crippen molar-refractivity contribution in [3.05, 3.63) is 42.2 Å². The molecule has 0 N–H and O–H groups in total. The summed E-state index contributed by atoms with van der Waals surface area (Å²) in [7, 11) is 0. The lowest BCUT2D eigenvalue weighted by Gasteiger charge is -2.06. The molecular formula is C26H32N2O2. The highest BCUT2D eigenvalue weighted by molar-refractivity contribution is 5.81. The maximum Gasteiger partial charge on any atom is 0.314 e. The van der Waals surface area contributed by atoms with Crippen molar-refractivity contribution >= 4 is 5.97 Å². The number of aromatic nitrogens is 2. The molecule has 1 aromatic carbocycles. The summed E-state index contributed by atoms with van der Waals surface area (Å²) in [6.45, 7) is 2.25. The second-order valence-corrected chi connectivity index (χ2v) is 9.75. The van der Waals surface area contributed by atoms with Crippen LogP contribution in [-0.2, 0) is 11.2 Å². The van der Waals surface area contributed by atoms with Crippen molar-refractivity contribution in [1.82, 2.24) is 9.97 Å². The number of ether oxygens (including phenoxy) is 1. The van der Waals surface area contributed by atoms with Gasteiger partial charge in [0.2, 0.25) is 0 Å². The van der Waals surface area contributed by atoms with E-state index in [1.54, 1.807) is 0 Å². The first-order valence-electron chi connectivity index (χ1n) is 11.8. The Morgan fingerprint density at radius 3 is 2.40 bits per heavy atom. The fraction of sp³-hybridized carbons (Fsp3) is 0.577. The topological polar surface area (TPSA) is 52.1 Å². The van der Waals surface area contributed by atoms with E-state index in [-0.39, 0.29) is 11.9 Å². The molecule has 1 heterocycles. The molecule has 0 amide bonds. The molecule has 0 saturated heterocycles. The van der Waals surface area contributed by atoms with E-state index in [0.717, 1.165) is 24.2 Å². The van der Waals surface area contributed by atoms with E-state index in [9.17, 15) is 4.79 Å². The third-order valence-electron chi connectivity index (χ3n) is 7.65. The van der Waals surface area contributed by atoms with Crippen LogP contribution in [0.1, 0.15) is 76.7 Å². The van der Waals surface area contributed by atoms with E-state index in [1.807, 2.05) is 36.7 Å². The van der Waals surface area contributed by atoms with Crippen molar-refractivity contribution in [2.24, 2.45) is 16.7 Å². The summed E-state index contributed by atoms with van der Waals surface area (Å²) in [4.78, 5) is 21.5. The monoisotopic (exact) mass is 404 g/mol. The minimum absolute atomic E-state index is 0.0400. The van der Waals surface area contributed by atoms with E-state index in [2.05, 4.69) is 16.9 Å². The van der Waals surface area contributed by atoms with Gasteiger partial charge in [0.25, 0.3) is 0 Å². The van der Waals surface area contributed by atoms with Gasteiger partial charge in [0.1, 0.15) is 5.75 Å². The van der Waals surface area contributed by atoms with Crippen molar-refractivity contribution in [3.63, 3.8) is 0 Å². The van der Waals surface area contributed by atoms with Gasteiger partial charge in [-0.05, 0) is 79.2 Å². The number of benzene rings is 1. The first-order chi connectivity index (χ1) is 14.7. The zero-order valence-electron chi connectivity index (χ0n) is 18.0. The number of unbranched alkanes of at least 4 members (excludes halogenated alkanes) is 5. The molecule has 0 bridgehead atoms. The predicted molar refractivity (Wildman–Crippen MR) is 117 cm³/mol. The van der Waals surface area contributed by atoms with Crippen LogP contribution in [0.4, 0.5) is 0 Å². The number of carbonyl (C=O) groups is 1. The molecule has 0 radical (unpaired) electrons. The lowest BCUT2D eigenvalue weighted by molar-refractivity contribution is -0.136. The summed E-state index contributed by atoms with van der Waals surface area (Å²) >= 11 is 0. The van der Waals surface area contributed by atoms with Crippen molar-refractivity contribution in [2.45, 2.75) is 77.6 Å². The first-order valence-corrected chi connectivity index (χ1v) is 11.8. The fourth-order valence-corrected chi connectivity index (χ4v) is 5.38.